The number of hydrogen-bond acceptors (Lipinski definition) is 10. The molecule has 0 saturated carbocycles. The first-order valence-corrected chi connectivity index (χ1v) is 12.4. The molecule has 0 spiro atoms. The zero-order valence-electron chi connectivity index (χ0n) is 20.8. The molecule has 1 aliphatic carbocycles. The number of hydrogen-bond donors (Lipinski definition) is 1. The summed E-state index contributed by atoms with van der Waals surface area (Å²) in [5.41, 5.74) is -7.61. The average molecular weight is 599 g/mol. The van der Waals surface area contributed by atoms with Gasteiger partial charge in [0.15, 0.2) is 11.5 Å². The van der Waals surface area contributed by atoms with Crippen LogP contribution in [0, 0.1) is 0 Å². The van der Waals surface area contributed by atoms with Crippen molar-refractivity contribution in [1.82, 2.24) is 10.2 Å². The number of rotatable bonds is 8. The molecule has 2 heterocycles. The van der Waals surface area contributed by atoms with Crippen molar-refractivity contribution in [1.29, 1.82) is 0 Å². The fraction of sp³-hybridized carbons (Fsp3) is 0.409. The van der Waals surface area contributed by atoms with Crippen LogP contribution in [0.1, 0.15) is 23.6 Å². The largest absolute Gasteiger partial charge is 0.493 e. The Kier molecular flexibility index (Phi) is 7.17. The Labute approximate surface area is 222 Å². The maximum absolute atomic E-state index is 16.9. The molecule has 1 N–H and O–H groups in total. The number of halogens is 6. The predicted molar refractivity (Wildman–Crippen MR) is 122 cm³/mol. The van der Waals surface area contributed by atoms with Gasteiger partial charge in [-0.2, -0.15) is 17.0 Å². The summed E-state index contributed by atoms with van der Waals surface area (Å²) < 4.78 is 150. The van der Waals surface area contributed by atoms with Crippen LogP contribution in [0.4, 0.5) is 26.3 Å². The van der Waals surface area contributed by atoms with Gasteiger partial charge in [0.2, 0.25) is 35.3 Å². The molecule has 0 radical (unpaired) electrons. The topological polar surface area (TPSA) is 139 Å². The monoisotopic (exact) mass is 599 g/mol. The van der Waals surface area contributed by atoms with Gasteiger partial charge in [0.05, 0.1) is 39.2 Å². The second kappa shape index (κ2) is 9.77. The Bertz CT molecular complexity index is 1540. The molecule has 1 aliphatic heterocycles. The summed E-state index contributed by atoms with van der Waals surface area (Å²) in [5, 5.41) is 7.32. The fourth-order valence-corrected chi connectivity index (χ4v) is 4.82. The van der Waals surface area contributed by atoms with Gasteiger partial charge >= 0.3 is 16.3 Å². The Morgan fingerprint density at radius 2 is 1.62 bits per heavy atom. The number of aromatic nitrogens is 2. The first kappa shape index (κ1) is 29.3. The first-order valence-electron chi connectivity index (χ1n) is 11.0. The van der Waals surface area contributed by atoms with E-state index < -0.39 is 68.3 Å². The molecule has 0 fully saturated rings. The minimum atomic E-state index is -6.10. The fourth-order valence-electron chi connectivity index (χ4n) is 4.35. The maximum Gasteiger partial charge on any atom is 0.400 e. The van der Waals surface area contributed by atoms with E-state index >= 15 is 22.0 Å². The molecule has 1 aromatic carbocycles. The van der Waals surface area contributed by atoms with Gasteiger partial charge in [-0.15, -0.1) is 10.2 Å². The Morgan fingerprint density at radius 1 is 0.950 bits per heavy atom. The molecule has 0 bridgehead atoms. The molecular formula is C22H19F6N3O8S. The number of ether oxygens (including phenoxy) is 4. The SMILES string of the molecule is CCOc1cc2c(cc1OC)C(c1cc(OC)nnc1OC)=N[C@]1(F)C(F)=C(F)[C@@](F)(OS(=O)(=O)O)C(F)[C@]21F. The number of alkyl halides is 4. The van der Waals surface area contributed by atoms with Crippen LogP contribution in [0.5, 0.6) is 23.3 Å². The number of fused-ring (bicyclic) bond motifs is 3. The van der Waals surface area contributed by atoms with Gasteiger partial charge in [-0.05, 0) is 19.1 Å². The zero-order valence-corrected chi connectivity index (χ0v) is 21.7. The number of methoxy groups -OCH3 is 3. The summed E-state index contributed by atoms with van der Waals surface area (Å²) in [6, 6.07) is 2.59. The minimum Gasteiger partial charge on any atom is -0.493 e. The third-order valence-electron chi connectivity index (χ3n) is 6.08. The van der Waals surface area contributed by atoms with Crippen LogP contribution >= 0.6 is 0 Å². The molecule has 1 unspecified atom stereocenters. The van der Waals surface area contributed by atoms with E-state index in [1.165, 1.54) is 14.0 Å². The molecule has 11 nitrogen and oxygen atoms in total. The standard InChI is InChI=1S/C22H19F6N3O8S/c1-5-38-13-8-11-9(6-12(13)35-2)15(10-7-14(36-3)30-31-18(10)37-4)29-22(28)17(24)16(23)21(27,39-40(32,33)34)19(25)20(11,22)26/h6-8,19H,5H2,1-4H3,(H,32,33,34)/t19?,20-,21-,22-/m1/s1. The normalized spacial score (nSPS) is 27.9. The quantitative estimate of drug-likeness (QED) is 0.272. The molecule has 0 saturated heterocycles. The second-order valence-electron chi connectivity index (χ2n) is 8.23. The van der Waals surface area contributed by atoms with Gasteiger partial charge in [-0.3, -0.25) is 4.55 Å². The molecule has 40 heavy (non-hydrogen) atoms. The minimum absolute atomic E-state index is 0.115. The van der Waals surface area contributed by atoms with Crippen molar-refractivity contribution in [2.75, 3.05) is 27.9 Å². The first-order chi connectivity index (χ1) is 18.6. The van der Waals surface area contributed by atoms with Crippen LogP contribution in [0.3, 0.4) is 0 Å². The van der Waals surface area contributed by atoms with Gasteiger partial charge in [-0.1, -0.05) is 0 Å². The van der Waals surface area contributed by atoms with Gasteiger partial charge in [0.1, 0.15) is 0 Å². The van der Waals surface area contributed by atoms with Crippen molar-refractivity contribution in [3.63, 3.8) is 0 Å². The van der Waals surface area contributed by atoms with Gasteiger partial charge in [0.25, 0.3) is 5.79 Å². The smallest absolute Gasteiger partial charge is 0.400 e. The summed E-state index contributed by atoms with van der Waals surface area (Å²) in [6.45, 7) is 1.36. The van der Waals surface area contributed by atoms with E-state index in [0.29, 0.717) is 6.07 Å². The van der Waals surface area contributed by atoms with E-state index in [1.807, 2.05) is 0 Å². The lowest BCUT2D eigenvalue weighted by atomic mass is 9.70. The van der Waals surface area contributed by atoms with Gasteiger partial charge in [-0.25, -0.2) is 26.9 Å². The third-order valence-corrected chi connectivity index (χ3v) is 6.53. The summed E-state index contributed by atoms with van der Waals surface area (Å²) in [4.78, 5) is 3.33. The summed E-state index contributed by atoms with van der Waals surface area (Å²) in [5.74, 6) is -17.3. The van der Waals surface area contributed by atoms with Crippen LogP contribution in [0.15, 0.2) is 34.8 Å². The van der Waals surface area contributed by atoms with E-state index in [2.05, 4.69) is 19.4 Å². The van der Waals surface area contributed by atoms with Gasteiger partial charge in [0, 0.05) is 17.2 Å². The van der Waals surface area contributed by atoms with Crippen molar-refractivity contribution in [3.8, 4) is 23.3 Å². The Hall–Kier alpha value is -3.64. The molecule has 4 rings (SSSR count). The highest BCUT2D eigenvalue weighted by molar-refractivity contribution is 7.80. The summed E-state index contributed by atoms with van der Waals surface area (Å²) in [6.07, 6.45) is -4.33. The van der Waals surface area contributed by atoms with E-state index in [4.69, 9.17) is 23.5 Å². The highest BCUT2D eigenvalue weighted by atomic mass is 32.3. The van der Waals surface area contributed by atoms with Crippen molar-refractivity contribution in [3.05, 3.63) is 46.5 Å². The van der Waals surface area contributed by atoms with Crippen LogP contribution < -0.4 is 18.9 Å². The number of aliphatic imine (C=N–C) groups is 1. The molecule has 1 aromatic heterocycles. The molecule has 4 atom stereocenters. The lowest BCUT2D eigenvalue weighted by molar-refractivity contribution is -0.211. The lowest BCUT2D eigenvalue weighted by Gasteiger charge is -2.48. The highest BCUT2D eigenvalue weighted by Crippen LogP contribution is 2.63. The lowest BCUT2D eigenvalue weighted by Crippen LogP contribution is -2.65. The van der Waals surface area contributed by atoms with Crippen molar-refractivity contribution >= 4 is 16.1 Å². The molecule has 2 aromatic rings. The van der Waals surface area contributed by atoms with Gasteiger partial charge < -0.3 is 18.9 Å². The van der Waals surface area contributed by atoms with Crippen molar-refractivity contribution < 1.29 is 62.4 Å². The average Bonchev–Trinajstić information content (AvgIpc) is 2.91. The van der Waals surface area contributed by atoms with Crippen LogP contribution in [-0.2, 0) is 20.3 Å². The van der Waals surface area contributed by atoms with E-state index in [1.54, 1.807) is 0 Å². The number of nitrogens with zero attached hydrogens (tertiary/aromatic N) is 3. The van der Waals surface area contributed by atoms with E-state index in [-0.39, 0.29) is 29.5 Å². The van der Waals surface area contributed by atoms with E-state index in [0.717, 1.165) is 26.4 Å². The van der Waals surface area contributed by atoms with Crippen molar-refractivity contribution in [2.24, 2.45) is 4.99 Å². The zero-order chi connectivity index (χ0) is 29.8. The molecule has 18 heteroatoms. The molecule has 218 valence electrons. The third kappa shape index (κ3) is 4.12. The summed E-state index contributed by atoms with van der Waals surface area (Å²) in [7, 11) is -2.69. The molecular weight excluding hydrogens is 580 g/mol. The van der Waals surface area contributed by atoms with Crippen LogP contribution in [-0.4, -0.2) is 74.6 Å². The van der Waals surface area contributed by atoms with Crippen LogP contribution in [0.2, 0.25) is 0 Å². The highest BCUT2D eigenvalue weighted by Gasteiger charge is 2.78. The second-order valence-corrected chi connectivity index (χ2v) is 9.25. The predicted octanol–water partition coefficient (Wildman–Crippen LogP) is 3.57. The Morgan fingerprint density at radius 3 is 2.17 bits per heavy atom. The Balaban J connectivity index is 2.19. The number of benzene rings is 1. The van der Waals surface area contributed by atoms with E-state index in [9.17, 15) is 12.8 Å². The van der Waals surface area contributed by atoms with Crippen LogP contribution in [0.25, 0.3) is 0 Å². The summed E-state index contributed by atoms with van der Waals surface area (Å²) >= 11 is 0. The van der Waals surface area contributed by atoms with Crippen molar-refractivity contribution in [2.45, 2.75) is 30.4 Å². The molecule has 2 aliphatic rings. The molecule has 0 amide bonds. The maximum atomic E-state index is 16.9.